The first-order valence-electron chi connectivity index (χ1n) is 16.1. The molecule has 4 saturated carbocycles. The maximum atomic E-state index is 12.7. The number of hydrogen-bond acceptors (Lipinski definition) is 5. The summed E-state index contributed by atoms with van der Waals surface area (Å²) in [7, 11) is 0. The van der Waals surface area contributed by atoms with Crippen molar-refractivity contribution in [3.63, 3.8) is 0 Å². The van der Waals surface area contributed by atoms with E-state index < -0.39 is 11.0 Å². The molecular weight excluding hydrogens is 498 g/mol. The number of nitrogens with one attached hydrogen (secondary N) is 2. The fourth-order valence-corrected chi connectivity index (χ4v) is 10.1. The van der Waals surface area contributed by atoms with Crippen LogP contribution in [-0.2, 0) is 4.74 Å². The Bertz CT molecular complexity index is 1060. The van der Waals surface area contributed by atoms with Crippen LogP contribution in [-0.4, -0.2) is 66.2 Å². The van der Waals surface area contributed by atoms with E-state index in [4.69, 9.17) is 20.9 Å². The number of guanidine groups is 1. The molecule has 4 aliphatic carbocycles. The second kappa shape index (κ2) is 11.4. The van der Waals surface area contributed by atoms with Gasteiger partial charge in [0.1, 0.15) is 0 Å². The molecule has 5 fully saturated rings. The Morgan fingerprint density at radius 2 is 1.90 bits per heavy atom. The minimum Gasteiger partial charge on any atom is -0.389 e. The number of hydrogen-bond donors (Lipinski definition) is 4. The van der Waals surface area contributed by atoms with E-state index in [1.165, 1.54) is 51.4 Å². The molecule has 8 atom stereocenters. The number of nitrogens with two attached hydrogens (primary N) is 1. The van der Waals surface area contributed by atoms with E-state index in [0.29, 0.717) is 30.3 Å². The van der Waals surface area contributed by atoms with Crippen molar-refractivity contribution < 1.29 is 9.84 Å². The highest BCUT2D eigenvalue weighted by atomic mass is 16.5. The molecule has 0 unspecified atom stereocenters. The number of aliphatic hydroxyl groups is 1. The highest BCUT2D eigenvalue weighted by molar-refractivity contribution is 5.92. The van der Waals surface area contributed by atoms with Crippen LogP contribution in [0.5, 0.6) is 0 Å². The van der Waals surface area contributed by atoms with Gasteiger partial charge in [0.05, 0.1) is 24.4 Å². The fraction of sp³-hybridized carbons (Fsp3) is 0.758. The lowest BCUT2D eigenvalue weighted by Gasteiger charge is -2.64. The van der Waals surface area contributed by atoms with E-state index in [2.05, 4.69) is 17.1 Å². The molecule has 5 aliphatic rings. The lowest BCUT2D eigenvalue weighted by molar-refractivity contribution is -0.209. The van der Waals surface area contributed by atoms with Gasteiger partial charge in [0, 0.05) is 17.6 Å². The maximum absolute atomic E-state index is 12.7. The second-order valence-corrected chi connectivity index (χ2v) is 13.9. The van der Waals surface area contributed by atoms with Crippen molar-refractivity contribution in [1.82, 2.24) is 4.90 Å². The van der Waals surface area contributed by atoms with Crippen molar-refractivity contribution in [2.75, 3.05) is 31.6 Å². The molecule has 1 heterocycles. The number of rotatable bonds is 8. The third kappa shape index (κ3) is 4.90. The molecular formula is C33H51N5O2. The Kier molecular flexibility index (Phi) is 8.01. The molecule has 7 heteroatoms. The summed E-state index contributed by atoms with van der Waals surface area (Å²) in [4.78, 5) is 7.54. The van der Waals surface area contributed by atoms with Crippen LogP contribution < -0.4 is 11.1 Å². The number of anilines is 1. The second-order valence-electron chi connectivity index (χ2n) is 13.9. The highest BCUT2D eigenvalue weighted by Crippen LogP contribution is 2.69. The number of aliphatic imine (C=N–C) groups is 1. The summed E-state index contributed by atoms with van der Waals surface area (Å²) < 4.78 is 6.46. The predicted octanol–water partition coefficient (Wildman–Crippen LogP) is 5.44. The lowest BCUT2D eigenvalue weighted by atomic mass is 9.43. The molecule has 1 aliphatic heterocycles. The van der Waals surface area contributed by atoms with Gasteiger partial charge < -0.3 is 31.2 Å². The summed E-state index contributed by atoms with van der Waals surface area (Å²) in [6.45, 7) is 6.97. The van der Waals surface area contributed by atoms with Gasteiger partial charge in [0.25, 0.3) is 0 Å². The van der Waals surface area contributed by atoms with Crippen LogP contribution in [0, 0.1) is 34.0 Å². The van der Waals surface area contributed by atoms with Gasteiger partial charge in [0.15, 0.2) is 5.96 Å². The van der Waals surface area contributed by atoms with E-state index in [1.807, 2.05) is 30.3 Å². The number of benzene rings is 1. The van der Waals surface area contributed by atoms with Crippen LogP contribution in [0.3, 0.4) is 0 Å². The summed E-state index contributed by atoms with van der Waals surface area (Å²) in [5, 5.41) is 24.0. The standard InChI is InChI=1S/C33H51N5O2/c1-31-14-11-26(40-22-21-38-19-5-6-20-38)23-24(31)9-10-28-27(31)12-15-32(17-18-34)29(13-16-33(28,32)39)37-30(35)36-25-7-3-2-4-8-25/h2-4,7-8,18,24,26-29,34,39H,5-6,9-17,19-23H2,1H3,(H3,35,36,37)/t24-,26+,27+,28-,29+,31+,32+,33+/m1/s1. The first-order valence-corrected chi connectivity index (χ1v) is 16.1. The topological polar surface area (TPSA) is 107 Å². The molecule has 0 spiro atoms. The van der Waals surface area contributed by atoms with E-state index in [1.54, 1.807) is 0 Å². The van der Waals surface area contributed by atoms with Gasteiger partial charge in [-0.2, -0.15) is 0 Å². The van der Waals surface area contributed by atoms with Crippen molar-refractivity contribution in [2.45, 2.75) is 102 Å². The molecule has 220 valence electrons. The molecule has 40 heavy (non-hydrogen) atoms. The van der Waals surface area contributed by atoms with Gasteiger partial charge in [-0.05, 0) is 132 Å². The van der Waals surface area contributed by atoms with Gasteiger partial charge in [-0.25, -0.2) is 4.99 Å². The third-order valence-electron chi connectivity index (χ3n) is 12.2. The zero-order valence-corrected chi connectivity index (χ0v) is 24.5. The van der Waals surface area contributed by atoms with Crippen molar-refractivity contribution in [3.05, 3.63) is 30.3 Å². The number of fused-ring (bicyclic) bond motifs is 5. The van der Waals surface area contributed by atoms with Crippen LogP contribution in [0.25, 0.3) is 0 Å². The normalized spacial score (nSPS) is 41.6. The van der Waals surface area contributed by atoms with Crippen LogP contribution in [0.1, 0.15) is 84.0 Å². The molecule has 0 amide bonds. The predicted molar refractivity (Wildman–Crippen MR) is 162 cm³/mol. The quantitative estimate of drug-likeness (QED) is 0.255. The Morgan fingerprint density at radius 3 is 2.67 bits per heavy atom. The first kappa shape index (κ1) is 28.2. The van der Waals surface area contributed by atoms with Crippen molar-refractivity contribution in [2.24, 2.45) is 39.3 Å². The van der Waals surface area contributed by atoms with Gasteiger partial charge in [0.2, 0.25) is 0 Å². The van der Waals surface area contributed by atoms with Crippen molar-refractivity contribution in [3.8, 4) is 0 Å². The zero-order valence-electron chi connectivity index (χ0n) is 24.5. The molecule has 5 N–H and O–H groups in total. The highest BCUT2D eigenvalue weighted by Gasteiger charge is 2.68. The van der Waals surface area contributed by atoms with Gasteiger partial charge in [-0.15, -0.1) is 0 Å². The Labute approximate surface area is 240 Å². The maximum Gasteiger partial charge on any atom is 0.193 e. The lowest BCUT2D eigenvalue weighted by Crippen LogP contribution is -2.63. The molecule has 0 bridgehead atoms. The molecule has 0 radical (unpaired) electrons. The summed E-state index contributed by atoms with van der Waals surface area (Å²) in [6.07, 6.45) is 14.6. The number of likely N-dealkylation sites (tertiary alicyclic amines) is 1. The monoisotopic (exact) mass is 549 g/mol. The fourth-order valence-electron chi connectivity index (χ4n) is 10.1. The Morgan fingerprint density at radius 1 is 1.10 bits per heavy atom. The van der Waals surface area contributed by atoms with Crippen LogP contribution in [0.2, 0.25) is 0 Å². The van der Waals surface area contributed by atoms with E-state index in [-0.39, 0.29) is 17.4 Å². The molecule has 1 aromatic carbocycles. The van der Waals surface area contributed by atoms with Crippen LogP contribution in [0.15, 0.2) is 35.3 Å². The Balaban J connectivity index is 1.15. The zero-order chi connectivity index (χ0) is 27.8. The summed E-state index contributed by atoms with van der Waals surface area (Å²) in [5.74, 6) is 1.89. The van der Waals surface area contributed by atoms with Crippen LogP contribution in [0.4, 0.5) is 5.69 Å². The van der Waals surface area contributed by atoms with Gasteiger partial charge >= 0.3 is 0 Å². The number of ether oxygens (including phenoxy) is 1. The van der Waals surface area contributed by atoms with E-state index >= 15 is 0 Å². The average molecular weight is 550 g/mol. The molecule has 1 aromatic rings. The molecule has 1 saturated heterocycles. The van der Waals surface area contributed by atoms with Gasteiger partial charge in [-0.3, -0.25) is 0 Å². The number of para-hydroxylation sites is 1. The van der Waals surface area contributed by atoms with Crippen LogP contribution >= 0.6 is 0 Å². The van der Waals surface area contributed by atoms with Crippen molar-refractivity contribution >= 4 is 17.9 Å². The smallest absolute Gasteiger partial charge is 0.193 e. The Hall–Kier alpha value is -1.96. The average Bonchev–Trinajstić information content (AvgIpc) is 3.56. The first-order chi connectivity index (χ1) is 19.4. The largest absolute Gasteiger partial charge is 0.389 e. The van der Waals surface area contributed by atoms with Gasteiger partial charge in [-0.1, -0.05) is 25.1 Å². The van der Waals surface area contributed by atoms with E-state index in [0.717, 1.165) is 57.4 Å². The molecule has 6 rings (SSSR count). The summed E-state index contributed by atoms with van der Waals surface area (Å²) >= 11 is 0. The SMILES string of the molecule is C[C@]12CC[C@H](OCCN3CCCC3)C[C@H]1CC[C@@H]1[C@@H]2CC[C@]2(CC=N)[C@@H](N=C(N)Nc3ccccc3)CC[C@]12O. The molecule has 0 aromatic heterocycles. The minimum atomic E-state index is -0.786. The summed E-state index contributed by atoms with van der Waals surface area (Å²) in [5.41, 5.74) is 6.41. The van der Waals surface area contributed by atoms with Crippen molar-refractivity contribution in [1.29, 1.82) is 5.41 Å². The summed E-state index contributed by atoms with van der Waals surface area (Å²) in [6, 6.07) is 9.84. The minimum absolute atomic E-state index is 0.0680. The van der Waals surface area contributed by atoms with E-state index in [9.17, 15) is 5.11 Å². The molecule has 7 nitrogen and oxygen atoms in total. The third-order valence-corrected chi connectivity index (χ3v) is 12.2. The number of nitrogens with zero attached hydrogens (tertiary/aromatic N) is 2.